The van der Waals surface area contributed by atoms with Gasteiger partial charge in [0.25, 0.3) is 0 Å². The zero-order valence-electron chi connectivity index (χ0n) is 11.0. The van der Waals surface area contributed by atoms with Crippen LogP contribution in [0.1, 0.15) is 13.8 Å². The molecule has 1 fully saturated rings. The van der Waals surface area contributed by atoms with E-state index >= 15 is 0 Å². The Bertz CT molecular complexity index is 456. The molecule has 0 N–H and O–H groups in total. The van der Waals surface area contributed by atoms with E-state index in [4.69, 9.17) is 5.26 Å². The van der Waals surface area contributed by atoms with E-state index in [1.165, 1.54) is 0 Å². The van der Waals surface area contributed by atoms with Crippen LogP contribution >= 0.6 is 0 Å². The summed E-state index contributed by atoms with van der Waals surface area (Å²) in [7, 11) is -3.28. The van der Waals surface area contributed by atoms with Crippen LogP contribution in [-0.2, 0) is 14.6 Å². The molecule has 0 aromatic rings. The monoisotopic (exact) mass is 273 g/mol. The van der Waals surface area contributed by atoms with Gasteiger partial charge in [0.05, 0.1) is 6.07 Å². The van der Waals surface area contributed by atoms with Crippen molar-refractivity contribution in [3.63, 3.8) is 0 Å². The predicted octanol–water partition coefficient (Wildman–Crippen LogP) is -0.523. The number of carbonyl (C=O) groups excluding carboxylic acids is 1. The first-order chi connectivity index (χ1) is 8.15. The number of piperazine rings is 1. The minimum absolute atomic E-state index is 0.355. The van der Waals surface area contributed by atoms with Crippen molar-refractivity contribution in [2.24, 2.45) is 0 Å². The summed E-state index contributed by atoms with van der Waals surface area (Å²) in [5.41, 5.74) is -0.550. The third-order valence-corrected chi connectivity index (χ3v) is 3.85. The molecule has 1 rings (SSSR count). The maximum Gasteiger partial charge on any atom is 0.237 e. The first-order valence-electron chi connectivity index (χ1n) is 5.77. The van der Waals surface area contributed by atoms with Crippen molar-refractivity contribution >= 4 is 15.7 Å². The first-order valence-corrected chi connectivity index (χ1v) is 7.83. The van der Waals surface area contributed by atoms with Gasteiger partial charge in [-0.3, -0.25) is 9.69 Å². The van der Waals surface area contributed by atoms with Crippen molar-refractivity contribution < 1.29 is 13.2 Å². The Morgan fingerprint density at radius 2 is 1.78 bits per heavy atom. The van der Waals surface area contributed by atoms with Crippen molar-refractivity contribution in [2.45, 2.75) is 19.4 Å². The molecule has 0 radical (unpaired) electrons. The second kappa shape index (κ2) is 5.24. The summed E-state index contributed by atoms with van der Waals surface area (Å²) >= 11 is 0. The van der Waals surface area contributed by atoms with Crippen molar-refractivity contribution in [3.05, 3.63) is 0 Å². The van der Waals surface area contributed by atoms with Gasteiger partial charge in [-0.05, 0) is 13.8 Å². The van der Waals surface area contributed by atoms with Crippen LogP contribution in [0.15, 0.2) is 0 Å². The number of sulfone groups is 1. The topological polar surface area (TPSA) is 81.5 Å². The molecule has 0 aliphatic carbocycles. The molecule has 6 nitrogen and oxygen atoms in total. The van der Waals surface area contributed by atoms with Crippen LogP contribution in [-0.4, -0.2) is 67.9 Å². The Morgan fingerprint density at radius 1 is 1.28 bits per heavy atom. The SMILES string of the molecule is CC(C)(C#N)N1CCN(C(=O)CS(C)(=O)=O)CC1. The summed E-state index contributed by atoms with van der Waals surface area (Å²) < 4.78 is 22.1. The lowest BCUT2D eigenvalue weighted by atomic mass is 10.0. The van der Waals surface area contributed by atoms with E-state index in [2.05, 4.69) is 6.07 Å². The molecule has 0 unspecified atom stereocenters. The summed E-state index contributed by atoms with van der Waals surface area (Å²) in [4.78, 5) is 15.2. The van der Waals surface area contributed by atoms with Crippen molar-refractivity contribution in [1.82, 2.24) is 9.80 Å². The fraction of sp³-hybridized carbons (Fsp3) is 0.818. The van der Waals surface area contributed by atoms with Crippen molar-refractivity contribution in [2.75, 3.05) is 38.2 Å². The lowest BCUT2D eigenvalue weighted by Gasteiger charge is -2.40. The van der Waals surface area contributed by atoms with Crippen molar-refractivity contribution in [3.8, 4) is 6.07 Å². The van der Waals surface area contributed by atoms with Crippen LogP contribution in [0, 0.1) is 11.3 Å². The highest BCUT2D eigenvalue weighted by atomic mass is 32.2. The highest BCUT2D eigenvalue weighted by Crippen LogP contribution is 2.15. The maximum atomic E-state index is 11.7. The molecule has 0 aromatic heterocycles. The number of hydrogen-bond acceptors (Lipinski definition) is 5. The van der Waals surface area contributed by atoms with E-state index in [1.54, 1.807) is 4.90 Å². The predicted molar refractivity (Wildman–Crippen MR) is 67.6 cm³/mol. The van der Waals surface area contributed by atoms with Crippen LogP contribution in [0.4, 0.5) is 0 Å². The van der Waals surface area contributed by atoms with Gasteiger partial charge in [-0.2, -0.15) is 5.26 Å². The Balaban J connectivity index is 2.55. The van der Waals surface area contributed by atoms with Gasteiger partial charge in [0.15, 0.2) is 9.84 Å². The number of carbonyl (C=O) groups is 1. The zero-order valence-corrected chi connectivity index (χ0v) is 11.8. The molecule has 102 valence electrons. The average Bonchev–Trinajstić information content (AvgIpc) is 2.27. The zero-order chi connectivity index (χ0) is 14.0. The first kappa shape index (κ1) is 14.9. The van der Waals surface area contributed by atoms with E-state index in [1.807, 2.05) is 18.7 Å². The van der Waals surface area contributed by atoms with Gasteiger partial charge in [-0.1, -0.05) is 0 Å². The fourth-order valence-corrected chi connectivity index (χ4v) is 2.53. The van der Waals surface area contributed by atoms with Gasteiger partial charge < -0.3 is 4.90 Å². The molecule has 1 aliphatic heterocycles. The highest BCUT2D eigenvalue weighted by Gasteiger charge is 2.31. The van der Waals surface area contributed by atoms with E-state index in [0.717, 1.165) is 6.26 Å². The van der Waals surface area contributed by atoms with Gasteiger partial charge in [0.1, 0.15) is 11.3 Å². The van der Waals surface area contributed by atoms with Crippen LogP contribution in [0.25, 0.3) is 0 Å². The van der Waals surface area contributed by atoms with E-state index in [9.17, 15) is 13.2 Å². The van der Waals surface area contributed by atoms with Crippen LogP contribution < -0.4 is 0 Å². The molecule has 1 amide bonds. The van der Waals surface area contributed by atoms with Crippen molar-refractivity contribution in [1.29, 1.82) is 5.26 Å². The number of amides is 1. The molecule has 18 heavy (non-hydrogen) atoms. The second-order valence-electron chi connectivity index (χ2n) is 5.11. The lowest BCUT2D eigenvalue weighted by Crippen LogP contribution is -2.55. The van der Waals surface area contributed by atoms with E-state index < -0.39 is 21.1 Å². The van der Waals surface area contributed by atoms with Gasteiger partial charge >= 0.3 is 0 Å². The molecule has 0 aromatic carbocycles. The Labute approximate surface area is 108 Å². The summed E-state index contributed by atoms with van der Waals surface area (Å²) in [5.74, 6) is -0.791. The Kier molecular flexibility index (Phi) is 4.35. The summed E-state index contributed by atoms with van der Waals surface area (Å²) in [6.07, 6.45) is 1.06. The highest BCUT2D eigenvalue weighted by molar-refractivity contribution is 7.91. The lowest BCUT2D eigenvalue weighted by molar-refractivity contribution is -0.130. The summed E-state index contributed by atoms with van der Waals surface area (Å²) in [5, 5.41) is 9.02. The second-order valence-corrected chi connectivity index (χ2v) is 7.25. The molecular formula is C11H19N3O3S. The van der Waals surface area contributed by atoms with Gasteiger partial charge in [-0.25, -0.2) is 8.42 Å². The molecule has 0 spiro atoms. The van der Waals surface area contributed by atoms with E-state index in [-0.39, 0.29) is 5.91 Å². The maximum absolute atomic E-state index is 11.7. The van der Waals surface area contributed by atoms with Gasteiger partial charge in [0.2, 0.25) is 5.91 Å². The van der Waals surface area contributed by atoms with Crippen LogP contribution in [0.2, 0.25) is 0 Å². The molecule has 0 saturated carbocycles. The normalized spacial score (nSPS) is 18.4. The Hall–Kier alpha value is -1.13. The van der Waals surface area contributed by atoms with Crippen LogP contribution in [0.5, 0.6) is 0 Å². The fourth-order valence-electron chi connectivity index (χ4n) is 1.90. The van der Waals surface area contributed by atoms with Gasteiger partial charge in [0, 0.05) is 32.4 Å². The summed E-state index contributed by atoms with van der Waals surface area (Å²) in [6.45, 7) is 5.80. The minimum atomic E-state index is -3.28. The largest absolute Gasteiger partial charge is 0.339 e. The third-order valence-electron chi connectivity index (χ3n) is 3.08. The molecule has 1 aliphatic rings. The molecule has 0 atom stereocenters. The number of nitriles is 1. The van der Waals surface area contributed by atoms with Gasteiger partial charge in [-0.15, -0.1) is 0 Å². The third kappa shape index (κ3) is 3.96. The smallest absolute Gasteiger partial charge is 0.237 e. The molecule has 0 bridgehead atoms. The van der Waals surface area contributed by atoms with E-state index in [0.29, 0.717) is 26.2 Å². The molecule has 1 saturated heterocycles. The minimum Gasteiger partial charge on any atom is -0.339 e. The Morgan fingerprint density at radius 3 is 2.17 bits per heavy atom. The average molecular weight is 273 g/mol. The number of nitrogens with zero attached hydrogens (tertiary/aromatic N) is 3. The number of hydrogen-bond donors (Lipinski definition) is 0. The quantitative estimate of drug-likeness (QED) is 0.691. The number of rotatable bonds is 3. The standard InChI is InChI=1S/C11H19N3O3S/c1-11(2,9-12)14-6-4-13(5-7-14)10(15)8-18(3,16)17/h4-8H2,1-3H3. The summed E-state index contributed by atoms with van der Waals surface area (Å²) in [6, 6.07) is 2.22. The molecular weight excluding hydrogens is 254 g/mol. The van der Waals surface area contributed by atoms with Crippen LogP contribution in [0.3, 0.4) is 0 Å². The molecule has 7 heteroatoms. The molecule has 1 heterocycles.